The number of aromatic nitrogens is 2. The second kappa shape index (κ2) is 10.7. The number of carbonyl (C=O) groups is 3. The molecule has 0 aliphatic heterocycles. The maximum absolute atomic E-state index is 14.1. The number of aryl methyl sites for hydroxylation is 1. The Kier molecular flexibility index (Phi) is 7.19. The van der Waals surface area contributed by atoms with E-state index in [0.717, 1.165) is 43.2 Å². The Hall–Kier alpha value is -3.94. The fourth-order valence-electron chi connectivity index (χ4n) is 6.89. The van der Waals surface area contributed by atoms with E-state index in [4.69, 9.17) is 0 Å². The zero-order valence-corrected chi connectivity index (χ0v) is 24.9. The highest BCUT2D eigenvalue weighted by Gasteiger charge is 2.58. The number of nitrogens with one attached hydrogen (secondary N) is 3. The van der Waals surface area contributed by atoms with Crippen molar-refractivity contribution in [3.05, 3.63) is 83.2 Å². The molecule has 1 spiro atoms. The predicted molar refractivity (Wildman–Crippen MR) is 162 cm³/mol. The van der Waals surface area contributed by atoms with Gasteiger partial charge in [-0.3, -0.25) is 19.1 Å². The van der Waals surface area contributed by atoms with Gasteiger partial charge in [-0.25, -0.2) is 0 Å². The van der Waals surface area contributed by atoms with Crippen LogP contribution in [0, 0.1) is 11.3 Å². The van der Waals surface area contributed by atoms with Crippen LogP contribution in [0.2, 0.25) is 0 Å². The summed E-state index contributed by atoms with van der Waals surface area (Å²) in [7, 11) is 1.72. The van der Waals surface area contributed by atoms with E-state index in [2.05, 4.69) is 40.1 Å². The Balaban J connectivity index is 1.26. The number of rotatable bonds is 9. The molecule has 0 radical (unpaired) electrons. The van der Waals surface area contributed by atoms with Gasteiger partial charge in [-0.1, -0.05) is 42.8 Å². The third-order valence-electron chi connectivity index (χ3n) is 10.1. The van der Waals surface area contributed by atoms with Crippen LogP contribution in [0.3, 0.4) is 0 Å². The molecule has 8 nitrogen and oxygen atoms in total. The van der Waals surface area contributed by atoms with Crippen molar-refractivity contribution in [3.63, 3.8) is 0 Å². The third-order valence-corrected chi connectivity index (χ3v) is 10.1. The Morgan fingerprint density at radius 2 is 1.79 bits per heavy atom. The van der Waals surface area contributed by atoms with Crippen LogP contribution in [-0.4, -0.2) is 39.6 Å². The summed E-state index contributed by atoms with van der Waals surface area (Å²) in [5.74, 6) is -0.211. The van der Waals surface area contributed by atoms with Gasteiger partial charge in [0, 0.05) is 30.9 Å². The lowest BCUT2D eigenvalue weighted by Crippen LogP contribution is -2.49. The van der Waals surface area contributed by atoms with Crippen molar-refractivity contribution in [1.29, 1.82) is 0 Å². The Morgan fingerprint density at radius 3 is 2.45 bits per heavy atom. The van der Waals surface area contributed by atoms with Gasteiger partial charge in [0.25, 0.3) is 5.91 Å². The lowest BCUT2D eigenvalue weighted by Gasteiger charge is -2.34. The van der Waals surface area contributed by atoms with Crippen molar-refractivity contribution in [2.24, 2.45) is 18.4 Å². The van der Waals surface area contributed by atoms with Crippen molar-refractivity contribution in [3.8, 4) is 0 Å². The Bertz CT molecular complexity index is 1520. The highest BCUT2D eigenvalue weighted by molar-refractivity contribution is 6.01. The highest BCUT2D eigenvalue weighted by atomic mass is 16.2. The predicted octanol–water partition coefficient (Wildman–Crippen LogP) is 4.86. The number of fused-ring (bicyclic) bond motifs is 1. The van der Waals surface area contributed by atoms with Gasteiger partial charge in [0.2, 0.25) is 11.8 Å². The molecule has 3 atom stereocenters. The Labute approximate surface area is 247 Å². The van der Waals surface area contributed by atoms with Crippen LogP contribution in [0.25, 0.3) is 0 Å². The van der Waals surface area contributed by atoms with E-state index in [1.807, 2.05) is 50.2 Å². The molecule has 1 aromatic heterocycles. The first-order valence-corrected chi connectivity index (χ1v) is 15.2. The minimum atomic E-state index is -0.783. The molecule has 6 rings (SSSR count). The standard InChI is InChI=1S/C34H41N5O3/c1-21(22-10-7-11-22)36-32(42)33(2,3)24-12-8-13-25(19-24)37-31(41)29(38-30(40)27-15-18-35-39(27)4)28-26-14-6-5-9-23(26)20-34(28)16-17-34/h5-6,8-9,12-15,18-19,21-22,28-29H,7,10-11,16-17,20H2,1-4H3,(H,36,42)(H,37,41)(H,38,40)/t21-,28?,29-/m0/s1. The molecule has 3 aliphatic rings. The number of carbonyl (C=O) groups excluding carboxylic acids is 3. The van der Waals surface area contributed by atoms with Crippen LogP contribution in [0.1, 0.15) is 86.0 Å². The molecule has 1 unspecified atom stereocenters. The summed E-state index contributed by atoms with van der Waals surface area (Å²) in [4.78, 5) is 40.9. The smallest absolute Gasteiger partial charge is 0.270 e. The molecule has 220 valence electrons. The minimum absolute atomic E-state index is 0.0232. The van der Waals surface area contributed by atoms with Gasteiger partial charge in [0.15, 0.2) is 0 Å². The summed E-state index contributed by atoms with van der Waals surface area (Å²) >= 11 is 0. The summed E-state index contributed by atoms with van der Waals surface area (Å²) in [5.41, 5.74) is 3.39. The van der Waals surface area contributed by atoms with Crippen molar-refractivity contribution >= 4 is 23.4 Å². The Morgan fingerprint density at radius 1 is 1.02 bits per heavy atom. The van der Waals surface area contributed by atoms with E-state index in [1.165, 1.54) is 16.7 Å². The summed E-state index contributed by atoms with van der Waals surface area (Å²) in [5, 5.41) is 13.5. The van der Waals surface area contributed by atoms with Crippen molar-refractivity contribution in [2.75, 3.05) is 5.32 Å². The molecular formula is C34H41N5O3. The molecular weight excluding hydrogens is 526 g/mol. The third kappa shape index (κ3) is 5.12. The molecule has 0 saturated heterocycles. The van der Waals surface area contributed by atoms with E-state index in [-0.39, 0.29) is 35.1 Å². The lowest BCUT2D eigenvalue weighted by molar-refractivity contribution is -0.126. The second-order valence-electron chi connectivity index (χ2n) is 13.2. The van der Waals surface area contributed by atoms with Crippen LogP contribution >= 0.6 is 0 Å². The van der Waals surface area contributed by atoms with Gasteiger partial charge in [-0.15, -0.1) is 0 Å². The number of nitrogens with zero attached hydrogens (tertiary/aromatic N) is 2. The number of hydrogen-bond acceptors (Lipinski definition) is 4. The maximum atomic E-state index is 14.1. The first kappa shape index (κ1) is 28.2. The quantitative estimate of drug-likeness (QED) is 0.344. The maximum Gasteiger partial charge on any atom is 0.270 e. The van der Waals surface area contributed by atoms with Crippen LogP contribution in [0.15, 0.2) is 60.8 Å². The molecule has 3 aromatic rings. The first-order chi connectivity index (χ1) is 20.1. The second-order valence-corrected chi connectivity index (χ2v) is 13.2. The summed E-state index contributed by atoms with van der Waals surface area (Å²) in [6, 6.07) is 16.8. The average Bonchev–Trinajstić information content (AvgIpc) is 3.43. The molecule has 42 heavy (non-hydrogen) atoms. The number of amides is 3. The fourth-order valence-corrected chi connectivity index (χ4v) is 6.89. The molecule has 3 amide bonds. The van der Waals surface area contributed by atoms with Crippen LogP contribution < -0.4 is 16.0 Å². The van der Waals surface area contributed by atoms with Crippen molar-refractivity contribution in [2.45, 2.75) is 82.7 Å². The molecule has 2 saturated carbocycles. The molecule has 1 heterocycles. The van der Waals surface area contributed by atoms with Crippen LogP contribution in [0.4, 0.5) is 5.69 Å². The zero-order valence-electron chi connectivity index (χ0n) is 24.9. The van der Waals surface area contributed by atoms with Crippen molar-refractivity contribution < 1.29 is 14.4 Å². The van der Waals surface area contributed by atoms with Gasteiger partial charge in [0.1, 0.15) is 11.7 Å². The number of hydrogen-bond donors (Lipinski definition) is 3. The fraction of sp³-hybridized carbons (Fsp3) is 0.471. The van der Waals surface area contributed by atoms with E-state index in [0.29, 0.717) is 17.3 Å². The van der Waals surface area contributed by atoms with E-state index >= 15 is 0 Å². The molecule has 3 aliphatic carbocycles. The SMILES string of the molecule is C[C@H](NC(=O)C(C)(C)c1cccc(NC(=O)[C@@H](NC(=O)c2ccnn2C)C2c3ccccc3CC23CC3)c1)C1CCC1. The van der Waals surface area contributed by atoms with E-state index in [9.17, 15) is 14.4 Å². The summed E-state index contributed by atoms with van der Waals surface area (Å²) in [6.45, 7) is 5.92. The van der Waals surface area contributed by atoms with Crippen molar-refractivity contribution in [1.82, 2.24) is 20.4 Å². The van der Waals surface area contributed by atoms with Gasteiger partial charge >= 0.3 is 0 Å². The van der Waals surface area contributed by atoms with E-state index < -0.39 is 11.5 Å². The minimum Gasteiger partial charge on any atom is -0.353 e. The van der Waals surface area contributed by atoms with Crippen LogP contribution in [-0.2, 0) is 28.5 Å². The largest absolute Gasteiger partial charge is 0.353 e. The van der Waals surface area contributed by atoms with E-state index in [1.54, 1.807) is 19.3 Å². The zero-order chi connectivity index (χ0) is 29.6. The highest BCUT2D eigenvalue weighted by Crippen LogP contribution is 2.64. The molecule has 8 heteroatoms. The van der Waals surface area contributed by atoms with Gasteiger partial charge < -0.3 is 16.0 Å². The molecule has 0 bridgehead atoms. The topological polar surface area (TPSA) is 105 Å². The summed E-state index contributed by atoms with van der Waals surface area (Å²) in [6.07, 6.45) is 8.09. The summed E-state index contributed by atoms with van der Waals surface area (Å²) < 4.78 is 1.52. The average molecular weight is 568 g/mol. The first-order valence-electron chi connectivity index (χ1n) is 15.2. The monoisotopic (exact) mass is 567 g/mol. The van der Waals surface area contributed by atoms with Crippen LogP contribution in [0.5, 0.6) is 0 Å². The number of benzene rings is 2. The van der Waals surface area contributed by atoms with Gasteiger partial charge in [-0.05, 0) is 99.1 Å². The normalized spacial score (nSPS) is 20.2. The van der Waals surface area contributed by atoms with Gasteiger partial charge in [-0.2, -0.15) is 5.10 Å². The molecule has 2 aromatic carbocycles. The lowest BCUT2D eigenvalue weighted by atomic mass is 9.79. The number of anilines is 1. The molecule has 3 N–H and O–H groups in total. The molecule has 2 fully saturated rings. The van der Waals surface area contributed by atoms with Gasteiger partial charge in [0.05, 0.1) is 5.41 Å².